The van der Waals surface area contributed by atoms with Crippen LogP contribution in [0.25, 0.3) is 0 Å². The number of carbonyl (C=O) groups is 1. The molecule has 0 spiro atoms. The summed E-state index contributed by atoms with van der Waals surface area (Å²) in [5.74, 6) is 1.51. The Morgan fingerprint density at radius 1 is 1.20 bits per heavy atom. The average Bonchev–Trinajstić information content (AvgIpc) is 3.23. The maximum atomic E-state index is 12.5. The number of ether oxygens (including phenoxy) is 3. The van der Waals surface area contributed by atoms with Crippen LogP contribution >= 0.6 is 0 Å². The SMILES string of the molecule is CCOC(=O)c1cnn2c1NC(c1ccccn1)CC2c1ccc(OC)c(OC)c1. The fraction of sp³-hybridized carbons (Fsp3) is 0.318. The second-order valence-corrected chi connectivity index (χ2v) is 6.89. The van der Waals surface area contributed by atoms with Crippen molar-refractivity contribution in [3.05, 3.63) is 65.6 Å². The van der Waals surface area contributed by atoms with Crippen LogP contribution in [0.5, 0.6) is 11.5 Å². The number of hydrogen-bond donors (Lipinski definition) is 1. The number of hydrogen-bond acceptors (Lipinski definition) is 7. The van der Waals surface area contributed by atoms with Crippen LogP contribution in [0.15, 0.2) is 48.8 Å². The van der Waals surface area contributed by atoms with Gasteiger partial charge in [0.25, 0.3) is 0 Å². The highest BCUT2D eigenvalue weighted by Crippen LogP contribution is 2.41. The van der Waals surface area contributed by atoms with Gasteiger partial charge < -0.3 is 19.5 Å². The minimum absolute atomic E-state index is 0.0957. The summed E-state index contributed by atoms with van der Waals surface area (Å²) in [6.07, 6.45) is 4.01. The molecule has 2 atom stereocenters. The third kappa shape index (κ3) is 3.56. The monoisotopic (exact) mass is 408 g/mol. The van der Waals surface area contributed by atoms with Crippen LogP contribution in [0.2, 0.25) is 0 Å². The average molecular weight is 408 g/mol. The van der Waals surface area contributed by atoms with Gasteiger partial charge in [-0.05, 0) is 43.2 Å². The number of methoxy groups -OCH3 is 2. The highest BCUT2D eigenvalue weighted by molar-refractivity contribution is 5.94. The zero-order chi connectivity index (χ0) is 21.1. The van der Waals surface area contributed by atoms with Gasteiger partial charge in [0, 0.05) is 6.20 Å². The van der Waals surface area contributed by atoms with E-state index in [2.05, 4.69) is 15.4 Å². The molecular weight excluding hydrogens is 384 g/mol. The molecule has 1 aliphatic rings. The largest absolute Gasteiger partial charge is 0.493 e. The molecule has 0 fully saturated rings. The van der Waals surface area contributed by atoms with Crippen molar-refractivity contribution in [3.63, 3.8) is 0 Å². The zero-order valence-electron chi connectivity index (χ0n) is 17.2. The normalized spacial score (nSPS) is 17.6. The Kier molecular flexibility index (Phi) is 5.56. The minimum Gasteiger partial charge on any atom is -0.493 e. The summed E-state index contributed by atoms with van der Waals surface area (Å²) in [7, 11) is 3.22. The van der Waals surface area contributed by atoms with Crippen molar-refractivity contribution in [2.75, 3.05) is 26.1 Å². The molecule has 3 heterocycles. The topological polar surface area (TPSA) is 87.5 Å². The first-order chi connectivity index (χ1) is 14.7. The Hall–Kier alpha value is -3.55. The molecule has 0 saturated heterocycles. The van der Waals surface area contributed by atoms with Crippen LogP contribution in [0, 0.1) is 0 Å². The lowest BCUT2D eigenvalue weighted by Crippen LogP contribution is -2.29. The molecule has 0 amide bonds. The number of nitrogens with one attached hydrogen (secondary N) is 1. The molecule has 2 unspecified atom stereocenters. The van der Waals surface area contributed by atoms with Gasteiger partial charge in [-0.15, -0.1) is 0 Å². The van der Waals surface area contributed by atoms with E-state index in [1.54, 1.807) is 33.5 Å². The second kappa shape index (κ2) is 8.44. The fourth-order valence-corrected chi connectivity index (χ4v) is 3.76. The van der Waals surface area contributed by atoms with Crippen molar-refractivity contribution >= 4 is 11.8 Å². The van der Waals surface area contributed by atoms with E-state index in [4.69, 9.17) is 14.2 Å². The van der Waals surface area contributed by atoms with E-state index >= 15 is 0 Å². The van der Waals surface area contributed by atoms with Crippen LogP contribution in [0.1, 0.15) is 47.0 Å². The van der Waals surface area contributed by atoms with Crippen LogP contribution in [-0.2, 0) is 4.74 Å². The number of esters is 1. The first-order valence-corrected chi connectivity index (χ1v) is 9.80. The van der Waals surface area contributed by atoms with Crippen molar-refractivity contribution in [1.82, 2.24) is 14.8 Å². The van der Waals surface area contributed by atoms with E-state index in [0.717, 1.165) is 11.3 Å². The van der Waals surface area contributed by atoms with Crippen LogP contribution in [0.3, 0.4) is 0 Å². The smallest absolute Gasteiger partial charge is 0.343 e. The van der Waals surface area contributed by atoms with Crippen LogP contribution in [-0.4, -0.2) is 41.6 Å². The van der Waals surface area contributed by atoms with Crippen molar-refractivity contribution in [1.29, 1.82) is 0 Å². The predicted octanol–water partition coefficient (Wildman–Crippen LogP) is 3.62. The van der Waals surface area contributed by atoms with E-state index in [1.165, 1.54) is 0 Å². The summed E-state index contributed by atoms with van der Waals surface area (Å²) in [4.78, 5) is 17.0. The maximum absolute atomic E-state index is 12.5. The van der Waals surface area contributed by atoms with E-state index in [9.17, 15) is 4.79 Å². The quantitative estimate of drug-likeness (QED) is 0.623. The molecule has 8 nitrogen and oxygen atoms in total. The van der Waals surface area contributed by atoms with Crippen molar-refractivity contribution in [2.24, 2.45) is 0 Å². The minimum atomic E-state index is -0.404. The molecule has 156 valence electrons. The lowest BCUT2D eigenvalue weighted by molar-refractivity contribution is 0.0527. The number of carbonyl (C=O) groups excluding carboxylic acids is 1. The molecule has 4 rings (SSSR count). The molecule has 1 aliphatic heterocycles. The molecule has 0 bridgehead atoms. The molecule has 0 saturated carbocycles. The van der Waals surface area contributed by atoms with Gasteiger partial charge in [-0.3, -0.25) is 4.98 Å². The van der Waals surface area contributed by atoms with E-state index in [0.29, 0.717) is 35.9 Å². The van der Waals surface area contributed by atoms with Gasteiger partial charge in [0.15, 0.2) is 11.5 Å². The Bertz CT molecular complexity index is 1030. The molecule has 2 aromatic heterocycles. The number of rotatable bonds is 6. The molecule has 30 heavy (non-hydrogen) atoms. The van der Waals surface area contributed by atoms with Crippen molar-refractivity contribution < 1.29 is 19.0 Å². The third-order valence-corrected chi connectivity index (χ3v) is 5.19. The third-order valence-electron chi connectivity index (χ3n) is 5.19. The Balaban J connectivity index is 1.79. The van der Waals surface area contributed by atoms with Gasteiger partial charge in [-0.25, -0.2) is 9.48 Å². The van der Waals surface area contributed by atoms with Crippen molar-refractivity contribution in [3.8, 4) is 11.5 Å². The van der Waals surface area contributed by atoms with Crippen LogP contribution in [0.4, 0.5) is 5.82 Å². The molecule has 8 heteroatoms. The number of fused-ring (bicyclic) bond motifs is 1. The predicted molar refractivity (Wildman–Crippen MR) is 111 cm³/mol. The fourth-order valence-electron chi connectivity index (χ4n) is 3.76. The Labute approximate surface area is 174 Å². The van der Waals surface area contributed by atoms with E-state index in [-0.39, 0.29) is 12.1 Å². The molecule has 3 aromatic rings. The van der Waals surface area contributed by atoms with Crippen molar-refractivity contribution in [2.45, 2.75) is 25.4 Å². The standard InChI is InChI=1S/C22H24N4O4/c1-4-30-22(27)15-13-24-26-18(14-8-9-19(28-2)20(11-14)29-3)12-17(25-21(15)26)16-7-5-6-10-23-16/h5-11,13,17-18,25H,4,12H2,1-3H3. The molecule has 1 aromatic carbocycles. The summed E-state index contributed by atoms with van der Waals surface area (Å²) in [5.41, 5.74) is 2.29. The highest BCUT2D eigenvalue weighted by atomic mass is 16.5. The van der Waals surface area contributed by atoms with Gasteiger partial charge in [-0.1, -0.05) is 12.1 Å². The summed E-state index contributed by atoms with van der Waals surface area (Å²) < 4.78 is 17.9. The second-order valence-electron chi connectivity index (χ2n) is 6.89. The van der Waals surface area contributed by atoms with Gasteiger partial charge in [0.05, 0.1) is 44.8 Å². The molecule has 1 N–H and O–H groups in total. The van der Waals surface area contributed by atoms with Crippen LogP contribution < -0.4 is 14.8 Å². The summed E-state index contributed by atoms with van der Waals surface area (Å²) >= 11 is 0. The first-order valence-electron chi connectivity index (χ1n) is 9.80. The maximum Gasteiger partial charge on any atom is 0.343 e. The molecular formula is C22H24N4O4. The number of aromatic nitrogens is 3. The number of pyridine rings is 1. The number of nitrogens with zero attached hydrogens (tertiary/aromatic N) is 3. The summed E-state index contributed by atoms with van der Waals surface area (Å²) in [5, 5.41) is 7.94. The highest BCUT2D eigenvalue weighted by Gasteiger charge is 2.34. The lowest BCUT2D eigenvalue weighted by Gasteiger charge is -2.33. The van der Waals surface area contributed by atoms with E-state index < -0.39 is 5.97 Å². The number of benzene rings is 1. The molecule has 0 aliphatic carbocycles. The van der Waals surface area contributed by atoms with Gasteiger partial charge >= 0.3 is 5.97 Å². The summed E-state index contributed by atoms with van der Waals surface area (Å²) in [6.45, 7) is 2.08. The Morgan fingerprint density at radius 2 is 2.03 bits per heavy atom. The van der Waals surface area contributed by atoms with Gasteiger partial charge in [0.1, 0.15) is 11.4 Å². The first kappa shape index (κ1) is 19.8. The number of anilines is 1. The molecule has 0 radical (unpaired) electrons. The zero-order valence-corrected chi connectivity index (χ0v) is 17.2. The van der Waals surface area contributed by atoms with Gasteiger partial charge in [0.2, 0.25) is 0 Å². The van der Waals surface area contributed by atoms with Gasteiger partial charge in [-0.2, -0.15) is 5.10 Å². The Morgan fingerprint density at radius 3 is 2.73 bits per heavy atom. The summed E-state index contributed by atoms with van der Waals surface area (Å²) in [6, 6.07) is 11.4. The van der Waals surface area contributed by atoms with E-state index in [1.807, 2.05) is 41.1 Å². The lowest BCUT2D eigenvalue weighted by atomic mass is 9.94.